The first-order chi connectivity index (χ1) is 20.1. The van der Waals surface area contributed by atoms with Crippen LogP contribution in [0.15, 0.2) is 0 Å². The standard InChI is InChI=1S/C34H67NO6/c1-3-4-5-6-7-8-9-10-11-14-17-20-23-26-34(38)41-33(29-36)30-40-31-39-28-25-22-19-16-13-12-15-18-21-24-27-35-32(2)37/h33,36H,3-31H2,1-2H3,(H,35,37)/t33-/m1/s1. The Hall–Kier alpha value is -1.18. The van der Waals surface area contributed by atoms with Crippen molar-refractivity contribution in [1.82, 2.24) is 5.32 Å². The predicted molar refractivity (Wildman–Crippen MR) is 169 cm³/mol. The average molecular weight is 586 g/mol. The Labute approximate surface area is 253 Å². The fraction of sp³-hybridized carbons (Fsp3) is 0.941. The summed E-state index contributed by atoms with van der Waals surface area (Å²) in [5.74, 6) is -0.190. The molecule has 0 fully saturated rings. The summed E-state index contributed by atoms with van der Waals surface area (Å²) in [7, 11) is 0. The van der Waals surface area contributed by atoms with Gasteiger partial charge in [-0.25, -0.2) is 0 Å². The molecule has 0 spiro atoms. The lowest BCUT2D eigenvalue weighted by Crippen LogP contribution is -2.27. The monoisotopic (exact) mass is 585 g/mol. The molecule has 0 aromatic carbocycles. The molecule has 7 heteroatoms. The number of carbonyl (C=O) groups is 2. The van der Waals surface area contributed by atoms with Crippen LogP contribution in [0.5, 0.6) is 0 Å². The second kappa shape index (κ2) is 33.3. The van der Waals surface area contributed by atoms with E-state index < -0.39 is 6.10 Å². The Balaban J connectivity index is 3.39. The molecule has 0 saturated carbocycles. The summed E-state index contributed by atoms with van der Waals surface area (Å²) in [6, 6.07) is 0. The Kier molecular flexibility index (Phi) is 32.4. The number of hydrogen-bond acceptors (Lipinski definition) is 6. The summed E-state index contributed by atoms with van der Waals surface area (Å²) >= 11 is 0. The second-order valence-corrected chi connectivity index (χ2v) is 11.7. The number of unbranched alkanes of at least 4 members (excludes halogenated alkanes) is 21. The number of ether oxygens (including phenoxy) is 3. The Morgan fingerprint density at radius 1 is 0.634 bits per heavy atom. The lowest BCUT2D eigenvalue weighted by molar-refractivity contribution is -0.159. The van der Waals surface area contributed by atoms with Crippen LogP contribution in [0.1, 0.15) is 168 Å². The van der Waals surface area contributed by atoms with Gasteiger partial charge in [-0.3, -0.25) is 9.59 Å². The molecule has 0 aliphatic carbocycles. The van der Waals surface area contributed by atoms with E-state index in [2.05, 4.69) is 12.2 Å². The number of esters is 1. The molecule has 244 valence electrons. The van der Waals surface area contributed by atoms with Crippen LogP contribution in [0.4, 0.5) is 0 Å². The second-order valence-electron chi connectivity index (χ2n) is 11.7. The van der Waals surface area contributed by atoms with Crippen molar-refractivity contribution in [2.75, 3.05) is 33.2 Å². The van der Waals surface area contributed by atoms with Crippen molar-refractivity contribution in [3.05, 3.63) is 0 Å². The molecule has 1 atom stereocenters. The summed E-state index contributed by atoms with van der Waals surface area (Å²) in [6.07, 6.45) is 28.4. The van der Waals surface area contributed by atoms with E-state index in [4.69, 9.17) is 14.2 Å². The Morgan fingerprint density at radius 2 is 1.10 bits per heavy atom. The molecule has 0 aliphatic heterocycles. The maximum Gasteiger partial charge on any atom is 0.306 e. The van der Waals surface area contributed by atoms with Gasteiger partial charge in [0.25, 0.3) is 0 Å². The van der Waals surface area contributed by atoms with E-state index in [1.165, 1.54) is 116 Å². The molecule has 1 amide bonds. The fourth-order valence-electron chi connectivity index (χ4n) is 4.96. The number of carbonyl (C=O) groups excluding carboxylic acids is 2. The Bertz CT molecular complexity index is 559. The number of amides is 1. The molecule has 41 heavy (non-hydrogen) atoms. The molecule has 0 rings (SSSR count). The van der Waals surface area contributed by atoms with Crippen molar-refractivity contribution in [3.8, 4) is 0 Å². The number of aliphatic hydroxyl groups excluding tert-OH is 1. The van der Waals surface area contributed by atoms with Gasteiger partial charge in [-0.1, -0.05) is 135 Å². The van der Waals surface area contributed by atoms with E-state index in [-0.39, 0.29) is 31.9 Å². The maximum absolute atomic E-state index is 12.1. The third-order valence-corrected chi connectivity index (χ3v) is 7.55. The molecular formula is C34H67NO6. The zero-order valence-electron chi connectivity index (χ0n) is 27.1. The van der Waals surface area contributed by atoms with Crippen molar-refractivity contribution in [2.24, 2.45) is 0 Å². The maximum atomic E-state index is 12.1. The van der Waals surface area contributed by atoms with Crippen LogP contribution < -0.4 is 5.32 Å². The van der Waals surface area contributed by atoms with Crippen LogP contribution in [0, 0.1) is 0 Å². The van der Waals surface area contributed by atoms with Gasteiger partial charge in [0, 0.05) is 26.5 Å². The number of hydrogen-bond donors (Lipinski definition) is 2. The smallest absolute Gasteiger partial charge is 0.306 e. The molecule has 0 aliphatic rings. The largest absolute Gasteiger partial charge is 0.457 e. The van der Waals surface area contributed by atoms with Crippen LogP contribution in [0.3, 0.4) is 0 Å². The van der Waals surface area contributed by atoms with Crippen LogP contribution in [0.25, 0.3) is 0 Å². The number of aliphatic hydroxyl groups is 1. The van der Waals surface area contributed by atoms with Gasteiger partial charge in [0.15, 0.2) is 0 Å². The van der Waals surface area contributed by atoms with E-state index in [1.807, 2.05) is 0 Å². The first kappa shape index (κ1) is 39.8. The van der Waals surface area contributed by atoms with Gasteiger partial charge in [0.05, 0.1) is 13.2 Å². The highest BCUT2D eigenvalue weighted by Crippen LogP contribution is 2.14. The first-order valence-electron chi connectivity index (χ1n) is 17.3. The van der Waals surface area contributed by atoms with Gasteiger partial charge < -0.3 is 24.6 Å². The average Bonchev–Trinajstić information content (AvgIpc) is 2.96. The topological polar surface area (TPSA) is 94.1 Å². The van der Waals surface area contributed by atoms with Crippen molar-refractivity contribution in [2.45, 2.75) is 174 Å². The molecule has 0 unspecified atom stereocenters. The SMILES string of the molecule is CCCCCCCCCCCCCCCC(=O)O[C@H](CO)COCOCCCCCCCCCCCCNC(C)=O. The summed E-state index contributed by atoms with van der Waals surface area (Å²) in [6.45, 7) is 5.38. The zero-order chi connectivity index (χ0) is 30.1. The lowest BCUT2D eigenvalue weighted by atomic mass is 10.0. The first-order valence-corrected chi connectivity index (χ1v) is 17.3. The van der Waals surface area contributed by atoms with Gasteiger partial charge >= 0.3 is 5.97 Å². The summed E-state index contributed by atoms with van der Waals surface area (Å²) in [5.41, 5.74) is 0. The van der Waals surface area contributed by atoms with Crippen LogP contribution >= 0.6 is 0 Å². The number of nitrogens with one attached hydrogen (secondary N) is 1. The minimum absolute atomic E-state index is 0.0614. The van der Waals surface area contributed by atoms with Crippen LogP contribution in [-0.4, -0.2) is 56.2 Å². The van der Waals surface area contributed by atoms with E-state index in [9.17, 15) is 14.7 Å². The third kappa shape index (κ3) is 33.2. The number of rotatable bonds is 33. The van der Waals surface area contributed by atoms with Crippen LogP contribution in [0.2, 0.25) is 0 Å². The van der Waals surface area contributed by atoms with E-state index >= 15 is 0 Å². The van der Waals surface area contributed by atoms with E-state index in [1.54, 1.807) is 6.92 Å². The van der Waals surface area contributed by atoms with E-state index in [0.717, 1.165) is 38.6 Å². The van der Waals surface area contributed by atoms with Crippen molar-refractivity contribution < 1.29 is 28.9 Å². The predicted octanol–water partition coefficient (Wildman–Crippen LogP) is 8.40. The molecule has 7 nitrogen and oxygen atoms in total. The van der Waals surface area contributed by atoms with Gasteiger partial charge in [0.1, 0.15) is 12.9 Å². The summed E-state index contributed by atoms with van der Waals surface area (Å²) in [5, 5.41) is 12.3. The molecule has 0 aromatic rings. The molecule has 0 aromatic heterocycles. The highest BCUT2D eigenvalue weighted by molar-refractivity contribution is 5.72. The molecule has 0 radical (unpaired) electrons. The van der Waals surface area contributed by atoms with E-state index in [0.29, 0.717) is 13.0 Å². The van der Waals surface area contributed by atoms with Gasteiger partial charge in [0.2, 0.25) is 5.91 Å². The fourth-order valence-corrected chi connectivity index (χ4v) is 4.96. The van der Waals surface area contributed by atoms with Crippen molar-refractivity contribution >= 4 is 11.9 Å². The van der Waals surface area contributed by atoms with Gasteiger partial charge in [-0.05, 0) is 19.3 Å². The minimum Gasteiger partial charge on any atom is -0.457 e. The minimum atomic E-state index is -0.620. The normalized spacial score (nSPS) is 12.0. The van der Waals surface area contributed by atoms with Crippen molar-refractivity contribution in [1.29, 1.82) is 0 Å². The molecule has 2 N–H and O–H groups in total. The van der Waals surface area contributed by atoms with Crippen LogP contribution in [-0.2, 0) is 23.8 Å². The lowest BCUT2D eigenvalue weighted by Gasteiger charge is -2.16. The summed E-state index contributed by atoms with van der Waals surface area (Å²) < 4.78 is 16.3. The highest BCUT2D eigenvalue weighted by atomic mass is 16.7. The Morgan fingerprint density at radius 3 is 1.59 bits per heavy atom. The highest BCUT2D eigenvalue weighted by Gasteiger charge is 2.13. The van der Waals surface area contributed by atoms with Gasteiger partial charge in [-0.15, -0.1) is 0 Å². The quantitative estimate of drug-likeness (QED) is 0.0456. The molecule has 0 heterocycles. The molecular weight excluding hydrogens is 518 g/mol. The molecule has 0 saturated heterocycles. The van der Waals surface area contributed by atoms with Crippen molar-refractivity contribution in [3.63, 3.8) is 0 Å². The third-order valence-electron chi connectivity index (χ3n) is 7.55. The zero-order valence-corrected chi connectivity index (χ0v) is 27.1. The summed E-state index contributed by atoms with van der Waals surface area (Å²) in [4.78, 5) is 22.9. The molecule has 0 bridgehead atoms. The van der Waals surface area contributed by atoms with Gasteiger partial charge in [-0.2, -0.15) is 0 Å².